The van der Waals surface area contributed by atoms with Gasteiger partial charge in [0.25, 0.3) is 0 Å². The molecule has 0 bridgehead atoms. The molecule has 2 N–H and O–H groups in total. The third kappa shape index (κ3) is 5.42. The van der Waals surface area contributed by atoms with Crippen LogP contribution in [0, 0.1) is 6.92 Å². The summed E-state index contributed by atoms with van der Waals surface area (Å²) in [5, 5.41) is 9.99. The van der Waals surface area contributed by atoms with E-state index in [2.05, 4.69) is 0 Å². The van der Waals surface area contributed by atoms with E-state index in [1.807, 2.05) is 79.7 Å². The Kier molecular flexibility index (Phi) is 6.88. The van der Waals surface area contributed by atoms with Crippen LogP contribution in [-0.2, 0) is 11.1 Å². The first-order valence-corrected chi connectivity index (χ1v) is 8.64. The van der Waals surface area contributed by atoms with E-state index in [4.69, 9.17) is 4.55 Å². The van der Waals surface area contributed by atoms with Crippen molar-refractivity contribution in [3.05, 3.63) is 102 Å². The quantitative estimate of drug-likeness (QED) is 0.697. The van der Waals surface area contributed by atoms with E-state index < -0.39 is 17.2 Å². The average molecular weight is 340 g/mol. The zero-order chi connectivity index (χ0) is 17.4. The molecule has 3 aromatic carbocycles. The largest absolute Gasteiger partial charge is 0.384 e. The molecule has 0 saturated heterocycles. The van der Waals surface area contributed by atoms with Gasteiger partial charge in [0.05, 0.1) is 4.90 Å². The lowest BCUT2D eigenvalue weighted by molar-refractivity contribution is 0.220. The highest BCUT2D eigenvalue weighted by Gasteiger charge is 2.07. The summed E-state index contributed by atoms with van der Waals surface area (Å²) in [5.41, 5.74) is 2.95. The van der Waals surface area contributed by atoms with Crippen molar-refractivity contribution in [2.24, 2.45) is 0 Å². The number of aryl methyl sites for hydroxylation is 1. The molecule has 24 heavy (non-hydrogen) atoms. The highest BCUT2D eigenvalue weighted by molar-refractivity contribution is 7.79. The average Bonchev–Trinajstić information content (AvgIpc) is 2.63. The van der Waals surface area contributed by atoms with Crippen LogP contribution in [0.1, 0.15) is 22.8 Å². The number of rotatable bonds is 3. The zero-order valence-electron chi connectivity index (χ0n) is 13.4. The standard InChI is InChI=1S/C13H12O.C7H8O2S/c14-13(11-7-3-1-4-8-11)12-9-5-2-6-10-12;1-6-2-4-7(5-3-6)10(8)9/h1-10,13-14H;2-5H,1H3,(H,8,9). The van der Waals surface area contributed by atoms with Gasteiger partial charge < -0.3 is 9.66 Å². The maximum atomic E-state index is 10.4. The van der Waals surface area contributed by atoms with Crippen LogP contribution in [0.2, 0.25) is 0 Å². The fraction of sp³-hybridized carbons (Fsp3) is 0.100. The summed E-state index contributed by atoms with van der Waals surface area (Å²) in [4.78, 5) is 0.450. The van der Waals surface area contributed by atoms with Gasteiger partial charge in [0.2, 0.25) is 0 Å². The van der Waals surface area contributed by atoms with Crippen LogP contribution in [0.25, 0.3) is 0 Å². The molecule has 0 spiro atoms. The Bertz CT molecular complexity index is 716. The molecule has 0 aliphatic rings. The van der Waals surface area contributed by atoms with E-state index in [0.717, 1.165) is 16.7 Å². The number of benzene rings is 3. The molecule has 1 atom stereocenters. The number of hydrogen-bond acceptors (Lipinski definition) is 2. The fourth-order valence-corrected chi connectivity index (χ4v) is 2.49. The summed E-state index contributed by atoms with van der Waals surface area (Å²) >= 11 is -1.84. The Morgan fingerprint density at radius 1 is 0.750 bits per heavy atom. The molecule has 3 aromatic rings. The first kappa shape index (κ1) is 18.1. The molecule has 0 saturated carbocycles. The fourth-order valence-electron chi connectivity index (χ4n) is 2.12. The van der Waals surface area contributed by atoms with Crippen molar-refractivity contribution in [1.29, 1.82) is 0 Å². The monoisotopic (exact) mass is 340 g/mol. The molecule has 4 heteroatoms. The summed E-state index contributed by atoms with van der Waals surface area (Å²) in [7, 11) is 0. The van der Waals surface area contributed by atoms with Gasteiger partial charge in [0, 0.05) is 0 Å². The van der Waals surface area contributed by atoms with Crippen LogP contribution in [0.4, 0.5) is 0 Å². The van der Waals surface area contributed by atoms with Crippen molar-refractivity contribution in [3.63, 3.8) is 0 Å². The Morgan fingerprint density at radius 2 is 1.17 bits per heavy atom. The molecular formula is C20H20O3S. The Labute approximate surface area is 144 Å². The summed E-state index contributed by atoms with van der Waals surface area (Å²) in [6.07, 6.45) is -0.516. The summed E-state index contributed by atoms with van der Waals surface area (Å²) in [5.74, 6) is 0. The van der Waals surface area contributed by atoms with Gasteiger partial charge in [0.15, 0.2) is 11.1 Å². The van der Waals surface area contributed by atoms with Crippen LogP contribution >= 0.6 is 0 Å². The molecule has 124 valence electrons. The number of hydrogen-bond donors (Lipinski definition) is 2. The van der Waals surface area contributed by atoms with Gasteiger partial charge in [-0.1, -0.05) is 78.4 Å². The minimum Gasteiger partial charge on any atom is -0.384 e. The Hall–Kier alpha value is -2.27. The van der Waals surface area contributed by atoms with Gasteiger partial charge in [-0.15, -0.1) is 0 Å². The highest BCUT2D eigenvalue weighted by atomic mass is 32.2. The lowest BCUT2D eigenvalue weighted by atomic mass is 10.0. The predicted molar refractivity (Wildman–Crippen MR) is 97.2 cm³/mol. The second-order valence-electron chi connectivity index (χ2n) is 5.29. The molecule has 1 unspecified atom stereocenters. The van der Waals surface area contributed by atoms with Crippen molar-refractivity contribution >= 4 is 11.1 Å². The van der Waals surface area contributed by atoms with Crippen molar-refractivity contribution in [2.45, 2.75) is 17.9 Å². The van der Waals surface area contributed by atoms with E-state index in [0.29, 0.717) is 4.90 Å². The third-order valence-corrected chi connectivity index (χ3v) is 4.13. The maximum Gasteiger partial charge on any atom is 0.186 e. The first-order chi connectivity index (χ1) is 11.6. The summed E-state index contributed by atoms with van der Waals surface area (Å²) < 4.78 is 19.0. The second-order valence-corrected chi connectivity index (χ2v) is 6.26. The van der Waals surface area contributed by atoms with Gasteiger partial charge in [0.1, 0.15) is 6.10 Å². The lowest BCUT2D eigenvalue weighted by Crippen LogP contribution is -1.98. The van der Waals surface area contributed by atoms with Crippen LogP contribution in [-0.4, -0.2) is 13.9 Å². The minimum absolute atomic E-state index is 0.450. The molecule has 3 rings (SSSR count). The van der Waals surface area contributed by atoms with Crippen LogP contribution in [0.15, 0.2) is 89.8 Å². The van der Waals surface area contributed by atoms with E-state index in [9.17, 15) is 9.32 Å². The van der Waals surface area contributed by atoms with Crippen LogP contribution < -0.4 is 0 Å². The smallest absolute Gasteiger partial charge is 0.186 e. The second kappa shape index (κ2) is 9.13. The number of aliphatic hydroxyl groups excluding tert-OH is 1. The summed E-state index contributed by atoms with van der Waals surface area (Å²) in [6.45, 7) is 1.93. The van der Waals surface area contributed by atoms with Gasteiger partial charge in [-0.05, 0) is 30.2 Å². The van der Waals surface area contributed by atoms with Crippen molar-refractivity contribution in [1.82, 2.24) is 0 Å². The lowest BCUT2D eigenvalue weighted by Gasteiger charge is -2.10. The van der Waals surface area contributed by atoms with E-state index in [1.165, 1.54) is 0 Å². The first-order valence-electron chi connectivity index (χ1n) is 7.53. The van der Waals surface area contributed by atoms with Crippen molar-refractivity contribution < 1.29 is 13.9 Å². The Morgan fingerprint density at radius 3 is 1.54 bits per heavy atom. The molecular weight excluding hydrogens is 320 g/mol. The molecule has 0 aromatic heterocycles. The van der Waals surface area contributed by atoms with Crippen molar-refractivity contribution in [3.8, 4) is 0 Å². The van der Waals surface area contributed by atoms with Gasteiger partial charge >= 0.3 is 0 Å². The van der Waals surface area contributed by atoms with Crippen LogP contribution in [0.3, 0.4) is 0 Å². The SMILES string of the molecule is Cc1ccc(S(=O)O)cc1.OC(c1ccccc1)c1ccccc1. The number of aliphatic hydroxyl groups is 1. The third-order valence-electron chi connectivity index (χ3n) is 3.45. The summed E-state index contributed by atoms with van der Waals surface area (Å²) in [6, 6.07) is 26.2. The maximum absolute atomic E-state index is 10.4. The van der Waals surface area contributed by atoms with E-state index >= 15 is 0 Å². The van der Waals surface area contributed by atoms with Crippen LogP contribution in [0.5, 0.6) is 0 Å². The van der Waals surface area contributed by atoms with Crippen molar-refractivity contribution in [2.75, 3.05) is 0 Å². The zero-order valence-corrected chi connectivity index (χ0v) is 14.2. The topological polar surface area (TPSA) is 57.5 Å². The molecule has 0 amide bonds. The minimum atomic E-state index is -1.84. The highest BCUT2D eigenvalue weighted by Crippen LogP contribution is 2.20. The molecule has 0 radical (unpaired) electrons. The molecule has 0 aliphatic heterocycles. The molecule has 0 fully saturated rings. The van der Waals surface area contributed by atoms with E-state index in [-0.39, 0.29) is 0 Å². The molecule has 3 nitrogen and oxygen atoms in total. The normalized spacial score (nSPS) is 11.5. The molecule has 0 heterocycles. The van der Waals surface area contributed by atoms with Gasteiger partial charge in [-0.25, -0.2) is 4.21 Å². The van der Waals surface area contributed by atoms with E-state index in [1.54, 1.807) is 12.1 Å². The van der Waals surface area contributed by atoms with Gasteiger partial charge in [-0.3, -0.25) is 0 Å². The molecule has 0 aliphatic carbocycles. The Balaban J connectivity index is 0.000000185. The van der Waals surface area contributed by atoms with Gasteiger partial charge in [-0.2, -0.15) is 0 Å². The predicted octanol–water partition coefficient (Wildman–Crippen LogP) is 4.34.